The SMILES string of the molecule is CCC(C)N(C)c1ccc([C@H](C)O)cc1F. The molecular weight excluding hydrogens is 205 g/mol. The summed E-state index contributed by atoms with van der Waals surface area (Å²) in [7, 11) is 1.88. The van der Waals surface area contributed by atoms with Gasteiger partial charge in [0.2, 0.25) is 0 Å². The van der Waals surface area contributed by atoms with Crippen LogP contribution in [0.1, 0.15) is 38.9 Å². The summed E-state index contributed by atoms with van der Waals surface area (Å²) in [5.41, 5.74) is 1.19. The van der Waals surface area contributed by atoms with Gasteiger partial charge in [-0.3, -0.25) is 0 Å². The summed E-state index contributed by atoms with van der Waals surface area (Å²) in [5.74, 6) is -0.277. The van der Waals surface area contributed by atoms with Crippen molar-refractivity contribution in [3.05, 3.63) is 29.6 Å². The summed E-state index contributed by atoms with van der Waals surface area (Å²) in [5, 5.41) is 9.35. The van der Waals surface area contributed by atoms with Crippen LogP contribution in [0.3, 0.4) is 0 Å². The summed E-state index contributed by atoms with van der Waals surface area (Å²) in [6, 6.07) is 5.19. The van der Waals surface area contributed by atoms with E-state index in [1.54, 1.807) is 19.1 Å². The molecule has 0 saturated heterocycles. The van der Waals surface area contributed by atoms with Crippen molar-refractivity contribution in [2.75, 3.05) is 11.9 Å². The van der Waals surface area contributed by atoms with Gasteiger partial charge in [-0.1, -0.05) is 13.0 Å². The minimum absolute atomic E-state index is 0.277. The maximum atomic E-state index is 13.8. The molecule has 1 unspecified atom stereocenters. The number of rotatable bonds is 4. The Morgan fingerprint density at radius 2 is 2.00 bits per heavy atom. The highest BCUT2D eigenvalue weighted by molar-refractivity contribution is 5.49. The lowest BCUT2D eigenvalue weighted by Gasteiger charge is -2.26. The Kier molecular flexibility index (Phi) is 4.30. The van der Waals surface area contributed by atoms with E-state index in [1.807, 2.05) is 11.9 Å². The molecule has 2 atom stereocenters. The Morgan fingerprint density at radius 1 is 1.38 bits per heavy atom. The first kappa shape index (κ1) is 13.0. The standard InChI is InChI=1S/C13H20FNO/c1-5-9(2)15(4)13-7-6-11(10(3)16)8-12(13)14/h6-10,16H,5H2,1-4H3/t9?,10-/m0/s1. The molecule has 1 rings (SSSR count). The van der Waals surface area contributed by atoms with Crippen molar-refractivity contribution in [3.8, 4) is 0 Å². The molecule has 1 aromatic carbocycles. The molecule has 0 amide bonds. The molecule has 0 saturated carbocycles. The average molecular weight is 225 g/mol. The second-order valence-electron chi connectivity index (χ2n) is 4.25. The van der Waals surface area contributed by atoms with E-state index in [0.29, 0.717) is 17.3 Å². The highest BCUT2D eigenvalue weighted by atomic mass is 19.1. The molecule has 0 aliphatic heterocycles. The van der Waals surface area contributed by atoms with Gasteiger partial charge in [-0.2, -0.15) is 0 Å². The van der Waals surface area contributed by atoms with Crippen LogP contribution in [-0.2, 0) is 0 Å². The number of aliphatic hydroxyl groups excluding tert-OH is 1. The van der Waals surface area contributed by atoms with Crippen LogP contribution in [0.4, 0.5) is 10.1 Å². The summed E-state index contributed by atoms with van der Waals surface area (Å²) in [4.78, 5) is 1.92. The van der Waals surface area contributed by atoms with Crippen LogP contribution < -0.4 is 4.90 Å². The van der Waals surface area contributed by atoms with Crippen LogP contribution in [0, 0.1) is 5.82 Å². The van der Waals surface area contributed by atoms with Crippen molar-refractivity contribution in [2.24, 2.45) is 0 Å². The Bertz CT molecular complexity index is 352. The molecule has 0 aliphatic rings. The lowest BCUT2D eigenvalue weighted by Crippen LogP contribution is -2.28. The van der Waals surface area contributed by atoms with E-state index >= 15 is 0 Å². The molecule has 0 aliphatic carbocycles. The van der Waals surface area contributed by atoms with Crippen LogP contribution in [-0.4, -0.2) is 18.2 Å². The molecule has 1 N–H and O–H groups in total. The third-order valence-electron chi connectivity index (χ3n) is 3.09. The number of halogens is 1. The van der Waals surface area contributed by atoms with Crippen molar-refractivity contribution in [2.45, 2.75) is 39.3 Å². The normalized spacial score (nSPS) is 14.6. The number of hydrogen-bond donors (Lipinski definition) is 1. The number of benzene rings is 1. The molecule has 0 aromatic heterocycles. The zero-order valence-corrected chi connectivity index (χ0v) is 10.4. The van der Waals surface area contributed by atoms with Gasteiger partial charge in [-0.05, 0) is 38.0 Å². The monoisotopic (exact) mass is 225 g/mol. The minimum atomic E-state index is -0.627. The molecule has 16 heavy (non-hydrogen) atoms. The quantitative estimate of drug-likeness (QED) is 0.851. The van der Waals surface area contributed by atoms with Gasteiger partial charge < -0.3 is 10.0 Å². The van der Waals surface area contributed by atoms with E-state index in [0.717, 1.165) is 6.42 Å². The first-order valence-electron chi connectivity index (χ1n) is 5.67. The fourth-order valence-corrected chi connectivity index (χ4v) is 1.58. The highest BCUT2D eigenvalue weighted by Gasteiger charge is 2.13. The van der Waals surface area contributed by atoms with Crippen LogP contribution in [0.5, 0.6) is 0 Å². The zero-order valence-electron chi connectivity index (χ0n) is 10.4. The first-order chi connectivity index (χ1) is 7.47. The van der Waals surface area contributed by atoms with E-state index in [4.69, 9.17) is 0 Å². The number of aliphatic hydroxyl groups is 1. The molecule has 1 aromatic rings. The third-order valence-corrected chi connectivity index (χ3v) is 3.09. The van der Waals surface area contributed by atoms with Crippen LogP contribution in [0.25, 0.3) is 0 Å². The molecule has 90 valence electrons. The van der Waals surface area contributed by atoms with Gasteiger partial charge in [0.05, 0.1) is 11.8 Å². The van der Waals surface area contributed by atoms with Crippen molar-refractivity contribution in [1.82, 2.24) is 0 Å². The van der Waals surface area contributed by atoms with Crippen LogP contribution >= 0.6 is 0 Å². The molecule has 0 heterocycles. The smallest absolute Gasteiger partial charge is 0.146 e. The molecule has 0 radical (unpaired) electrons. The zero-order chi connectivity index (χ0) is 12.3. The topological polar surface area (TPSA) is 23.5 Å². The number of nitrogens with zero attached hydrogens (tertiary/aromatic N) is 1. The van der Waals surface area contributed by atoms with Crippen molar-refractivity contribution < 1.29 is 9.50 Å². The maximum absolute atomic E-state index is 13.8. The van der Waals surface area contributed by atoms with Crippen LogP contribution in [0.2, 0.25) is 0 Å². The molecule has 0 fully saturated rings. The number of hydrogen-bond acceptors (Lipinski definition) is 2. The van der Waals surface area contributed by atoms with Gasteiger partial charge in [0.1, 0.15) is 5.82 Å². The van der Waals surface area contributed by atoms with Crippen molar-refractivity contribution in [3.63, 3.8) is 0 Å². The summed E-state index contributed by atoms with van der Waals surface area (Å²) >= 11 is 0. The minimum Gasteiger partial charge on any atom is -0.389 e. The maximum Gasteiger partial charge on any atom is 0.146 e. The molecule has 3 heteroatoms. The Hall–Kier alpha value is -1.09. The third kappa shape index (κ3) is 2.73. The van der Waals surface area contributed by atoms with Crippen molar-refractivity contribution in [1.29, 1.82) is 0 Å². The second-order valence-corrected chi connectivity index (χ2v) is 4.25. The van der Waals surface area contributed by atoms with E-state index in [-0.39, 0.29) is 5.82 Å². The lowest BCUT2D eigenvalue weighted by molar-refractivity contribution is 0.199. The predicted octanol–water partition coefficient (Wildman–Crippen LogP) is 3.11. The second kappa shape index (κ2) is 5.30. The molecule has 0 bridgehead atoms. The van der Waals surface area contributed by atoms with Gasteiger partial charge in [-0.25, -0.2) is 4.39 Å². The molecular formula is C13H20FNO. The van der Waals surface area contributed by atoms with E-state index in [2.05, 4.69) is 13.8 Å². The van der Waals surface area contributed by atoms with Gasteiger partial charge >= 0.3 is 0 Å². The molecule has 2 nitrogen and oxygen atoms in total. The Balaban J connectivity index is 2.99. The van der Waals surface area contributed by atoms with E-state index in [1.165, 1.54) is 6.07 Å². The predicted molar refractivity (Wildman–Crippen MR) is 65.2 cm³/mol. The fourth-order valence-electron chi connectivity index (χ4n) is 1.58. The number of anilines is 1. The highest BCUT2D eigenvalue weighted by Crippen LogP contribution is 2.24. The van der Waals surface area contributed by atoms with Crippen molar-refractivity contribution >= 4 is 5.69 Å². The van der Waals surface area contributed by atoms with Gasteiger partial charge in [0, 0.05) is 13.1 Å². The lowest BCUT2D eigenvalue weighted by atomic mass is 10.1. The van der Waals surface area contributed by atoms with Gasteiger partial charge in [0.25, 0.3) is 0 Å². The van der Waals surface area contributed by atoms with Crippen LogP contribution in [0.15, 0.2) is 18.2 Å². The fraction of sp³-hybridized carbons (Fsp3) is 0.538. The van der Waals surface area contributed by atoms with Gasteiger partial charge in [-0.15, -0.1) is 0 Å². The first-order valence-corrected chi connectivity index (χ1v) is 5.67. The van der Waals surface area contributed by atoms with E-state index in [9.17, 15) is 9.50 Å². The van der Waals surface area contributed by atoms with Gasteiger partial charge in [0.15, 0.2) is 0 Å². The van der Waals surface area contributed by atoms with E-state index < -0.39 is 6.10 Å². The summed E-state index contributed by atoms with van der Waals surface area (Å²) in [6.45, 7) is 5.76. The largest absolute Gasteiger partial charge is 0.389 e. The molecule has 0 spiro atoms. The Morgan fingerprint density at radius 3 is 2.44 bits per heavy atom. The average Bonchev–Trinajstić information content (AvgIpc) is 2.26. The summed E-state index contributed by atoms with van der Waals surface area (Å²) < 4.78 is 13.8. The summed E-state index contributed by atoms with van der Waals surface area (Å²) in [6.07, 6.45) is 0.339. The Labute approximate surface area is 96.7 Å².